The minimum Gasteiger partial charge on any atom is -0.379 e. The topological polar surface area (TPSA) is 64.4 Å². The minimum absolute atomic E-state index is 0.0846. The Hall–Kier alpha value is -1.62. The van der Waals surface area contributed by atoms with Gasteiger partial charge in [-0.15, -0.1) is 0 Å². The van der Waals surface area contributed by atoms with Crippen LogP contribution in [-0.2, 0) is 4.74 Å². The molecule has 1 aliphatic heterocycles. The van der Waals surface area contributed by atoms with Crippen LogP contribution in [0.5, 0.6) is 0 Å². The fourth-order valence-electron chi connectivity index (χ4n) is 1.86. The molecule has 0 spiro atoms. The van der Waals surface area contributed by atoms with Crippen molar-refractivity contribution in [1.82, 2.24) is 0 Å². The van der Waals surface area contributed by atoms with Crippen LogP contribution < -0.4 is 11.1 Å². The average Bonchev–Trinajstić information content (AvgIpc) is 2.33. The van der Waals surface area contributed by atoms with Crippen molar-refractivity contribution < 1.29 is 13.9 Å². The Morgan fingerprint density at radius 1 is 1.53 bits per heavy atom. The van der Waals surface area contributed by atoms with Gasteiger partial charge in [0.2, 0.25) is 5.91 Å². The second kappa shape index (κ2) is 5.14. The number of hydrogen-bond donors (Lipinski definition) is 2. The molecule has 2 rings (SSSR count). The molecule has 1 aromatic carbocycles. The second-order valence-electron chi connectivity index (χ2n) is 4.12. The summed E-state index contributed by atoms with van der Waals surface area (Å²) in [6.07, 6.45) is 1.88. The van der Waals surface area contributed by atoms with E-state index < -0.39 is 5.91 Å². The van der Waals surface area contributed by atoms with Crippen LogP contribution in [0.2, 0.25) is 0 Å². The van der Waals surface area contributed by atoms with Gasteiger partial charge >= 0.3 is 0 Å². The first-order valence-electron chi connectivity index (χ1n) is 5.60. The third-order valence-electron chi connectivity index (χ3n) is 2.77. The van der Waals surface area contributed by atoms with Crippen molar-refractivity contribution in [3.05, 3.63) is 29.6 Å². The molecule has 1 unspecified atom stereocenters. The molecule has 1 aliphatic rings. The maximum atomic E-state index is 13.5. The van der Waals surface area contributed by atoms with E-state index in [0.29, 0.717) is 17.9 Å². The lowest BCUT2D eigenvalue weighted by Crippen LogP contribution is -2.30. The molecule has 0 aromatic heterocycles. The van der Waals surface area contributed by atoms with Gasteiger partial charge in [-0.1, -0.05) is 0 Å². The summed E-state index contributed by atoms with van der Waals surface area (Å²) in [4.78, 5) is 11.0. The molecule has 17 heavy (non-hydrogen) atoms. The number of nitrogens with two attached hydrogens (primary N) is 1. The molecule has 1 aromatic rings. The van der Waals surface area contributed by atoms with Crippen LogP contribution in [0, 0.1) is 5.82 Å². The summed E-state index contributed by atoms with van der Waals surface area (Å²) in [5, 5.41) is 3.04. The second-order valence-corrected chi connectivity index (χ2v) is 4.12. The van der Waals surface area contributed by atoms with E-state index in [2.05, 4.69) is 5.32 Å². The van der Waals surface area contributed by atoms with E-state index in [1.54, 1.807) is 0 Å². The van der Waals surface area contributed by atoms with Gasteiger partial charge in [0.25, 0.3) is 0 Å². The third-order valence-corrected chi connectivity index (χ3v) is 2.77. The molecule has 3 N–H and O–H groups in total. The smallest absolute Gasteiger partial charge is 0.248 e. The molecule has 0 bridgehead atoms. The summed E-state index contributed by atoms with van der Waals surface area (Å²) < 4.78 is 18.8. The number of amides is 1. The van der Waals surface area contributed by atoms with Crippen LogP contribution in [0.1, 0.15) is 23.2 Å². The van der Waals surface area contributed by atoms with Crippen LogP contribution in [0.3, 0.4) is 0 Å². The summed E-state index contributed by atoms with van der Waals surface area (Å²) in [7, 11) is 0. The highest BCUT2D eigenvalue weighted by molar-refractivity contribution is 5.93. The lowest BCUT2D eigenvalue weighted by molar-refractivity contribution is 0.0875. The third kappa shape index (κ3) is 2.94. The summed E-state index contributed by atoms with van der Waals surface area (Å²) in [6, 6.07) is 4.14. The van der Waals surface area contributed by atoms with Crippen LogP contribution >= 0.6 is 0 Å². The van der Waals surface area contributed by atoms with E-state index in [1.165, 1.54) is 18.2 Å². The van der Waals surface area contributed by atoms with Crippen LogP contribution in [0.4, 0.5) is 10.1 Å². The van der Waals surface area contributed by atoms with Gasteiger partial charge in [-0.2, -0.15) is 0 Å². The highest BCUT2D eigenvalue weighted by Gasteiger charge is 2.16. The largest absolute Gasteiger partial charge is 0.379 e. The molecule has 0 aliphatic carbocycles. The Bertz CT molecular complexity index is 417. The van der Waals surface area contributed by atoms with E-state index in [1.807, 2.05) is 0 Å². The van der Waals surface area contributed by atoms with Gasteiger partial charge in [0, 0.05) is 18.2 Å². The summed E-state index contributed by atoms with van der Waals surface area (Å²) in [5.74, 6) is -0.950. The monoisotopic (exact) mass is 238 g/mol. The number of ether oxygens (including phenoxy) is 1. The summed E-state index contributed by atoms with van der Waals surface area (Å²) >= 11 is 0. The summed E-state index contributed by atoms with van der Waals surface area (Å²) in [5.41, 5.74) is 5.75. The van der Waals surface area contributed by atoms with E-state index in [9.17, 15) is 9.18 Å². The first-order chi connectivity index (χ1) is 8.16. The number of hydrogen-bond acceptors (Lipinski definition) is 3. The molecule has 1 atom stereocenters. The van der Waals surface area contributed by atoms with Crippen molar-refractivity contribution in [2.45, 2.75) is 18.9 Å². The summed E-state index contributed by atoms with van der Waals surface area (Å²) in [6.45, 7) is 1.31. The van der Waals surface area contributed by atoms with Gasteiger partial charge in [0.15, 0.2) is 0 Å². The number of carbonyl (C=O) groups is 1. The van der Waals surface area contributed by atoms with Crippen molar-refractivity contribution in [3.8, 4) is 0 Å². The van der Waals surface area contributed by atoms with Gasteiger partial charge in [-0.3, -0.25) is 4.79 Å². The Morgan fingerprint density at radius 2 is 2.35 bits per heavy atom. The fourth-order valence-corrected chi connectivity index (χ4v) is 1.86. The quantitative estimate of drug-likeness (QED) is 0.839. The van der Waals surface area contributed by atoms with Crippen LogP contribution in [0.15, 0.2) is 18.2 Å². The molecule has 1 saturated heterocycles. The predicted octanol–water partition coefficient (Wildman–Crippen LogP) is 1.52. The van der Waals surface area contributed by atoms with Gasteiger partial charge in [-0.25, -0.2) is 4.39 Å². The predicted molar refractivity (Wildman–Crippen MR) is 62.4 cm³/mol. The Kier molecular flexibility index (Phi) is 3.58. The van der Waals surface area contributed by atoms with E-state index in [0.717, 1.165) is 19.4 Å². The molecular weight excluding hydrogens is 223 g/mol. The van der Waals surface area contributed by atoms with Gasteiger partial charge in [-0.05, 0) is 31.0 Å². The molecule has 92 valence electrons. The molecule has 1 fully saturated rings. The van der Waals surface area contributed by atoms with Crippen LogP contribution in [-0.4, -0.2) is 25.2 Å². The zero-order chi connectivity index (χ0) is 12.3. The molecule has 0 radical (unpaired) electrons. The Labute approximate surface area is 98.9 Å². The van der Waals surface area contributed by atoms with Gasteiger partial charge in [0.1, 0.15) is 5.82 Å². The number of halogens is 1. The highest BCUT2D eigenvalue weighted by atomic mass is 19.1. The lowest BCUT2D eigenvalue weighted by atomic mass is 10.1. The molecule has 0 saturated carbocycles. The number of nitrogens with one attached hydrogen (secondary N) is 1. The van der Waals surface area contributed by atoms with E-state index >= 15 is 0 Å². The first-order valence-corrected chi connectivity index (χ1v) is 5.60. The zero-order valence-corrected chi connectivity index (χ0v) is 9.41. The molecule has 1 heterocycles. The molecule has 4 nitrogen and oxygen atoms in total. The normalized spacial score (nSPS) is 19.9. The van der Waals surface area contributed by atoms with Crippen LogP contribution in [0.25, 0.3) is 0 Å². The number of primary amides is 1. The zero-order valence-electron chi connectivity index (χ0n) is 9.41. The van der Waals surface area contributed by atoms with Gasteiger partial charge in [0.05, 0.1) is 12.3 Å². The molecule has 1 amide bonds. The van der Waals surface area contributed by atoms with Crippen molar-refractivity contribution in [2.24, 2.45) is 5.73 Å². The van der Waals surface area contributed by atoms with E-state index in [4.69, 9.17) is 10.5 Å². The maximum absolute atomic E-state index is 13.5. The standard InChI is InChI=1S/C12H15FN2O2/c13-10-4-3-8(12(14)16)6-11(10)15-9-2-1-5-17-7-9/h3-4,6,9,15H,1-2,5,7H2,(H2,14,16). The average molecular weight is 238 g/mol. The molecule has 5 heteroatoms. The molecular formula is C12H15FN2O2. The van der Waals surface area contributed by atoms with Crippen molar-refractivity contribution in [1.29, 1.82) is 0 Å². The van der Waals surface area contributed by atoms with Crippen molar-refractivity contribution >= 4 is 11.6 Å². The number of benzene rings is 1. The SMILES string of the molecule is NC(=O)c1ccc(F)c(NC2CCCOC2)c1. The van der Waals surface area contributed by atoms with Crippen molar-refractivity contribution in [3.63, 3.8) is 0 Å². The Balaban J connectivity index is 2.13. The van der Waals surface area contributed by atoms with Gasteiger partial charge < -0.3 is 15.8 Å². The number of anilines is 1. The number of carbonyl (C=O) groups excluding carboxylic acids is 1. The Morgan fingerprint density at radius 3 is 3.00 bits per heavy atom. The fraction of sp³-hybridized carbons (Fsp3) is 0.417. The minimum atomic E-state index is -0.562. The maximum Gasteiger partial charge on any atom is 0.248 e. The highest BCUT2D eigenvalue weighted by Crippen LogP contribution is 2.19. The van der Waals surface area contributed by atoms with E-state index in [-0.39, 0.29) is 11.9 Å². The number of rotatable bonds is 3. The first kappa shape index (κ1) is 11.9. The van der Waals surface area contributed by atoms with Crippen molar-refractivity contribution in [2.75, 3.05) is 18.5 Å². The lowest BCUT2D eigenvalue weighted by Gasteiger charge is -2.24.